The molecule has 1 aromatic heterocycles. The van der Waals surface area contributed by atoms with Crippen molar-refractivity contribution in [3.05, 3.63) is 63.6 Å². The zero-order chi connectivity index (χ0) is 14.7. The number of rotatable bonds is 4. The molecule has 0 saturated heterocycles. The quantitative estimate of drug-likeness (QED) is 0.634. The van der Waals surface area contributed by atoms with Crippen molar-refractivity contribution in [1.29, 1.82) is 0 Å². The van der Waals surface area contributed by atoms with Crippen LogP contribution < -0.4 is 0 Å². The fourth-order valence-electron chi connectivity index (χ4n) is 1.89. The number of furan rings is 1. The van der Waals surface area contributed by atoms with Crippen LogP contribution in [-0.2, 0) is 6.54 Å². The Hall–Kier alpha value is -2.63. The number of carbonyl (C=O) groups is 1. The SMILES string of the molecule is Cc1ccc(C(=O)N(C)Cc2ccccc2[N+](=O)[O-])o1. The first-order valence-corrected chi connectivity index (χ1v) is 6.03. The van der Waals surface area contributed by atoms with E-state index in [4.69, 9.17) is 4.42 Å². The van der Waals surface area contributed by atoms with Gasteiger partial charge in [-0.3, -0.25) is 14.9 Å². The van der Waals surface area contributed by atoms with E-state index < -0.39 is 4.92 Å². The number of amides is 1. The molecule has 0 bridgehead atoms. The van der Waals surface area contributed by atoms with Crippen LogP contribution in [0.5, 0.6) is 0 Å². The molecule has 0 atom stereocenters. The summed E-state index contributed by atoms with van der Waals surface area (Å²) in [5.41, 5.74) is 0.486. The van der Waals surface area contributed by atoms with Crippen LogP contribution in [0, 0.1) is 17.0 Å². The van der Waals surface area contributed by atoms with Gasteiger partial charge < -0.3 is 9.32 Å². The first kappa shape index (κ1) is 13.8. The Balaban J connectivity index is 2.18. The minimum absolute atomic E-state index is 0.00257. The summed E-state index contributed by atoms with van der Waals surface area (Å²) >= 11 is 0. The molecule has 104 valence electrons. The van der Waals surface area contributed by atoms with Crippen molar-refractivity contribution in [2.75, 3.05) is 7.05 Å². The van der Waals surface area contributed by atoms with Crippen LogP contribution in [0.4, 0.5) is 5.69 Å². The molecule has 0 aliphatic heterocycles. The molecule has 0 N–H and O–H groups in total. The number of nitrogens with zero attached hydrogens (tertiary/aromatic N) is 2. The molecule has 20 heavy (non-hydrogen) atoms. The van der Waals surface area contributed by atoms with Crippen molar-refractivity contribution in [3.63, 3.8) is 0 Å². The maximum Gasteiger partial charge on any atom is 0.289 e. The lowest BCUT2D eigenvalue weighted by Gasteiger charge is -2.15. The number of nitro groups is 1. The number of hydrogen-bond donors (Lipinski definition) is 0. The summed E-state index contributed by atoms with van der Waals surface area (Å²) in [7, 11) is 1.58. The highest BCUT2D eigenvalue weighted by atomic mass is 16.6. The number of aryl methyl sites for hydroxylation is 1. The first-order valence-electron chi connectivity index (χ1n) is 6.03. The van der Waals surface area contributed by atoms with Crippen molar-refractivity contribution in [3.8, 4) is 0 Å². The number of hydrogen-bond acceptors (Lipinski definition) is 4. The van der Waals surface area contributed by atoms with Crippen molar-refractivity contribution >= 4 is 11.6 Å². The molecule has 0 spiro atoms. The second-order valence-corrected chi connectivity index (χ2v) is 4.46. The average molecular weight is 274 g/mol. The van der Waals surface area contributed by atoms with E-state index in [2.05, 4.69) is 0 Å². The Bertz CT molecular complexity index is 648. The molecule has 2 aromatic rings. The average Bonchev–Trinajstić information content (AvgIpc) is 2.84. The molecule has 2 rings (SSSR count). The highest BCUT2D eigenvalue weighted by molar-refractivity contribution is 5.91. The molecule has 0 aliphatic carbocycles. The number of carbonyl (C=O) groups excluding carboxylic acids is 1. The standard InChI is InChI=1S/C14H14N2O4/c1-10-7-8-13(20-10)14(17)15(2)9-11-5-3-4-6-12(11)16(18)19/h3-8H,9H2,1-2H3. The van der Waals surface area contributed by atoms with Crippen molar-refractivity contribution in [1.82, 2.24) is 4.90 Å². The van der Waals surface area contributed by atoms with Crippen molar-refractivity contribution in [2.24, 2.45) is 0 Å². The molecule has 0 aliphatic rings. The van der Waals surface area contributed by atoms with E-state index in [1.807, 2.05) is 0 Å². The lowest BCUT2D eigenvalue weighted by molar-refractivity contribution is -0.385. The van der Waals surface area contributed by atoms with Gasteiger partial charge in [0.15, 0.2) is 5.76 Å². The van der Waals surface area contributed by atoms with Crippen LogP contribution in [0.2, 0.25) is 0 Å². The van der Waals surface area contributed by atoms with Gasteiger partial charge in [-0.1, -0.05) is 18.2 Å². The predicted molar refractivity (Wildman–Crippen MR) is 72.3 cm³/mol. The second kappa shape index (κ2) is 5.56. The van der Waals surface area contributed by atoms with Gasteiger partial charge in [-0.15, -0.1) is 0 Å². The summed E-state index contributed by atoms with van der Waals surface area (Å²) in [5.74, 6) is 0.562. The lowest BCUT2D eigenvalue weighted by Crippen LogP contribution is -2.26. The summed E-state index contributed by atoms with van der Waals surface area (Å²) in [6.45, 7) is 1.90. The topological polar surface area (TPSA) is 76.6 Å². The van der Waals surface area contributed by atoms with Crippen LogP contribution in [0.15, 0.2) is 40.8 Å². The van der Waals surface area contributed by atoms with E-state index in [9.17, 15) is 14.9 Å². The fourth-order valence-corrected chi connectivity index (χ4v) is 1.89. The molecular formula is C14H14N2O4. The van der Waals surface area contributed by atoms with E-state index >= 15 is 0 Å². The van der Waals surface area contributed by atoms with Crippen LogP contribution in [0.1, 0.15) is 21.9 Å². The number of nitro benzene ring substituents is 1. The van der Waals surface area contributed by atoms with Gasteiger partial charge in [0.25, 0.3) is 11.6 Å². The fraction of sp³-hybridized carbons (Fsp3) is 0.214. The van der Waals surface area contributed by atoms with Gasteiger partial charge in [0.2, 0.25) is 0 Å². The summed E-state index contributed by atoms with van der Waals surface area (Å²) in [6, 6.07) is 9.65. The zero-order valence-electron chi connectivity index (χ0n) is 11.2. The van der Waals surface area contributed by atoms with Gasteiger partial charge in [0, 0.05) is 18.7 Å². The van der Waals surface area contributed by atoms with Gasteiger partial charge >= 0.3 is 0 Å². The molecule has 1 aromatic carbocycles. The Morgan fingerprint density at radius 3 is 2.60 bits per heavy atom. The highest BCUT2D eigenvalue weighted by Crippen LogP contribution is 2.20. The Labute approximate surface area is 115 Å². The summed E-state index contributed by atoms with van der Waals surface area (Å²) < 4.78 is 5.26. The van der Waals surface area contributed by atoms with Gasteiger partial charge in [0.1, 0.15) is 5.76 Å². The van der Waals surface area contributed by atoms with Gasteiger partial charge in [-0.25, -0.2) is 0 Å². The van der Waals surface area contributed by atoms with Crippen LogP contribution in [-0.4, -0.2) is 22.8 Å². The van der Waals surface area contributed by atoms with Crippen molar-refractivity contribution in [2.45, 2.75) is 13.5 Å². The molecule has 0 fully saturated rings. The van der Waals surface area contributed by atoms with E-state index in [0.29, 0.717) is 11.3 Å². The van der Waals surface area contributed by atoms with E-state index in [1.54, 1.807) is 44.3 Å². The predicted octanol–water partition coefficient (Wildman–Crippen LogP) is 2.77. The zero-order valence-corrected chi connectivity index (χ0v) is 11.2. The van der Waals surface area contributed by atoms with Gasteiger partial charge in [-0.05, 0) is 19.1 Å². The number of para-hydroxylation sites is 1. The molecule has 6 heteroatoms. The molecule has 0 unspecified atom stereocenters. The monoisotopic (exact) mass is 274 g/mol. The van der Waals surface area contributed by atoms with Crippen LogP contribution in [0.25, 0.3) is 0 Å². The minimum Gasteiger partial charge on any atom is -0.456 e. The first-order chi connectivity index (χ1) is 9.49. The minimum atomic E-state index is -0.454. The molecule has 1 amide bonds. The summed E-state index contributed by atoms with van der Waals surface area (Å²) in [6.07, 6.45) is 0. The number of benzene rings is 1. The summed E-state index contributed by atoms with van der Waals surface area (Å²) in [4.78, 5) is 24.0. The maximum atomic E-state index is 12.1. The third-order valence-corrected chi connectivity index (χ3v) is 2.89. The van der Waals surface area contributed by atoms with E-state index in [-0.39, 0.29) is 23.9 Å². The van der Waals surface area contributed by atoms with Crippen molar-refractivity contribution < 1.29 is 14.1 Å². The third kappa shape index (κ3) is 2.85. The summed E-state index contributed by atoms with van der Waals surface area (Å²) in [5, 5.41) is 10.9. The second-order valence-electron chi connectivity index (χ2n) is 4.46. The molecular weight excluding hydrogens is 260 g/mol. The molecule has 6 nitrogen and oxygen atoms in total. The molecule has 1 heterocycles. The Morgan fingerprint density at radius 1 is 1.30 bits per heavy atom. The molecule has 0 radical (unpaired) electrons. The third-order valence-electron chi connectivity index (χ3n) is 2.89. The van der Waals surface area contributed by atoms with Crippen LogP contribution >= 0.6 is 0 Å². The van der Waals surface area contributed by atoms with E-state index in [0.717, 1.165) is 0 Å². The molecule has 0 saturated carbocycles. The van der Waals surface area contributed by atoms with Gasteiger partial charge in [-0.2, -0.15) is 0 Å². The Morgan fingerprint density at radius 2 is 2.00 bits per heavy atom. The largest absolute Gasteiger partial charge is 0.456 e. The highest BCUT2D eigenvalue weighted by Gasteiger charge is 2.19. The maximum absolute atomic E-state index is 12.1. The normalized spacial score (nSPS) is 10.3. The lowest BCUT2D eigenvalue weighted by atomic mass is 10.1. The van der Waals surface area contributed by atoms with Gasteiger partial charge in [0.05, 0.1) is 11.5 Å². The van der Waals surface area contributed by atoms with E-state index in [1.165, 1.54) is 11.0 Å². The Kier molecular flexibility index (Phi) is 3.84. The smallest absolute Gasteiger partial charge is 0.289 e. The van der Waals surface area contributed by atoms with Crippen LogP contribution in [0.3, 0.4) is 0 Å².